The first-order chi connectivity index (χ1) is 13.9. The molecule has 1 aliphatic heterocycles. The molecule has 1 atom stereocenters. The molecule has 2 aliphatic rings. The average Bonchev–Trinajstić information content (AvgIpc) is 3.22. The summed E-state index contributed by atoms with van der Waals surface area (Å²) < 4.78 is 33.3. The summed E-state index contributed by atoms with van der Waals surface area (Å²) in [7, 11) is -3.54. The van der Waals surface area contributed by atoms with E-state index in [9.17, 15) is 13.2 Å². The van der Waals surface area contributed by atoms with Crippen molar-refractivity contribution in [3.8, 4) is 5.75 Å². The normalized spacial score (nSPS) is 18.3. The molecule has 4 rings (SSSR count). The Kier molecular flexibility index (Phi) is 5.61. The van der Waals surface area contributed by atoms with E-state index in [-0.39, 0.29) is 5.91 Å². The van der Waals surface area contributed by atoms with E-state index in [0.29, 0.717) is 36.8 Å². The SMILES string of the molecule is C[C@H](Oc1ccccc1)C(=O)N1CCN(S(=O)(=O)c2ccc3c(c2)CCC3)CC1. The lowest BCUT2D eigenvalue weighted by atomic mass is 10.1. The van der Waals surface area contributed by atoms with Gasteiger partial charge in [-0.2, -0.15) is 4.31 Å². The van der Waals surface area contributed by atoms with E-state index in [1.165, 1.54) is 9.87 Å². The summed E-state index contributed by atoms with van der Waals surface area (Å²) in [6.45, 7) is 3.05. The fraction of sp³-hybridized carbons (Fsp3) is 0.409. The van der Waals surface area contributed by atoms with E-state index in [1.54, 1.807) is 17.9 Å². The van der Waals surface area contributed by atoms with E-state index in [4.69, 9.17) is 4.74 Å². The van der Waals surface area contributed by atoms with E-state index < -0.39 is 16.1 Å². The standard InChI is InChI=1S/C22H26N2O4S/c1-17(28-20-8-3-2-4-9-20)22(25)23-12-14-24(15-13-23)29(26,27)21-11-10-18-6-5-7-19(18)16-21/h2-4,8-11,16-17H,5-7,12-15H2,1H3/t17-/m0/s1. The van der Waals surface area contributed by atoms with Crippen LogP contribution in [0.1, 0.15) is 24.5 Å². The molecule has 0 bridgehead atoms. The molecule has 7 heteroatoms. The van der Waals surface area contributed by atoms with Gasteiger partial charge in [-0.1, -0.05) is 24.3 Å². The zero-order valence-electron chi connectivity index (χ0n) is 16.6. The second-order valence-corrected chi connectivity index (χ2v) is 9.52. The summed E-state index contributed by atoms with van der Waals surface area (Å²) in [6, 6.07) is 14.7. The van der Waals surface area contributed by atoms with Crippen molar-refractivity contribution in [1.82, 2.24) is 9.21 Å². The summed E-state index contributed by atoms with van der Waals surface area (Å²) in [5.41, 5.74) is 2.40. The van der Waals surface area contributed by atoms with E-state index in [0.717, 1.165) is 24.8 Å². The Balaban J connectivity index is 1.38. The van der Waals surface area contributed by atoms with Gasteiger partial charge in [0.15, 0.2) is 6.10 Å². The van der Waals surface area contributed by atoms with Crippen molar-refractivity contribution < 1.29 is 17.9 Å². The van der Waals surface area contributed by atoms with Gasteiger partial charge in [0, 0.05) is 26.2 Å². The maximum atomic E-state index is 13.0. The topological polar surface area (TPSA) is 66.9 Å². The van der Waals surface area contributed by atoms with E-state index >= 15 is 0 Å². The minimum Gasteiger partial charge on any atom is -0.481 e. The van der Waals surface area contributed by atoms with Gasteiger partial charge in [0.2, 0.25) is 10.0 Å². The second kappa shape index (κ2) is 8.16. The molecular formula is C22H26N2O4S. The number of para-hydroxylation sites is 1. The van der Waals surface area contributed by atoms with Crippen molar-refractivity contribution in [2.75, 3.05) is 26.2 Å². The number of carbonyl (C=O) groups excluding carboxylic acids is 1. The highest BCUT2D eigenvalue weighted by molar-refractivity contribution is 7.89. The maximum absolute atomic E-state index is 13.0. The summed E-state index contributed by atoms with van der Waals surface area (Å²) in [6.07, 6.45) is 2.44. The molecule has 6 nitrogen and oxygen atoms in total. The van der Waals surface area contributed by atoms with Crippen molar-refractivity contribution in [1.29, 1.82) is 0 Å². The number of benzene rings is 2. The Bertz CT molecular complexity index is 983. The minimum atomic E-state index is -3.54. The Labute approximate surface area is 172 Å². The number of amides is 1. The minimum absolute atomic E-state index is 0.122. The Morgan fingerprint density at radius 2 is 1.66 bits per heavy atom. The first-order valence-electron chi connectivity index (χ1n) is 10.1. The zero-order chi connectivity index (χ0) is 20.4. The third kappa shape index (κ3) is 4.16. The number of ether oxygens (including phenoxy) is 1. The smallest absolute Gasteiger partial charge is 0.263 e. The number of aryl methyl sites for hydroxylation is 2. The van der Waals surface area contributed by atoms with Gasteiger partial charge in [-0.15, -0.1) is 0 Å². The summed E-state index contributed by atoms with van der Waals surface area (Å²) in [5.74, 6) is 0.523. The molecule has 0 saturated carbocycles. The van der Waals surface area contributed by atoms with Crippen LogP contribution in [0.3, 0.4) is 0 Å². The van der Waals surface area contributed by atoms with Crippen molar-refractivity contribution in [2.45, 2.75) is 37.2 Å². The summed E-state index contributed by atoms with van der Waals surface area (Å²) in [5, 5.41) is 0. The van der Waals surface area contributed by atoms with Crippen LogP contribution in [0.2, 0.25) is 0 Å². The first-order valence-corrected chi connectivity index (χ1v) is 11.5. The monoisotopic (exact) mass is 414 g/mol. The third-order valence-electron chi connectivity index (χ3n) is 5.66. The maximum Gasteiger partial charge on any atom is 0.263 e. The van der Waals surface area contributed by atoms with E-state index in [2.05, 4.69) is 0 Å². The average molecular weight is 415 g/mol. The van der Waals surface area contributed by atoms with Crippen LogP contribution in [-0.2, 0) is 27.7 Å². The van der Waals surface area contributed by atoms with Crippen LogP contribution >= 0.6 is 0 Å². The Morgan fingerprint density at radius 1 is 0.966 bits per heavy atom. The van der Waals surface area contributed by atoms with Crippen LogP contribution < -0.4 is 4.74 Å². The number of hydrogen-bond acceptors (Lipinski definition) is 4. The van der Waals surface area contributed by atoms with Gasteiger partial charge in [-0.3, -0.25) is 4.79 Å². The number of nitrogens with zero attached hydrogens (tertiary/aromatic N) is 2. The van der Waals surface area contributed by atoms with Crippen molar-refractivity contribution >= 4 is 15.9 Å². The summed E-state index contributed by atoms with van der Waals surface area (Å²) in [4.78, 5) is 14.7. The molecule has 0 N–H and O–H groups in total. The predicted octanol–water partition coefficient (Wildman–Crippen LogP) is 2.48. The highest BCUT2D eigenvalue weighted by atomic mass is 32.2. The van der Waals surface area contributed by atoms with Gasteiger partial charge in [0.1, 0.15) is 5.75 Å². The van der Waals surface area contributed by atoms with Crippen molar-refractivity contribution in [3.05, 3.63) is 59.7 Å². The predicted molar refractivity (Wildman–Crippen MR) is 110 cm³/mol. The number of piperazine rings is 1. The molecule has 0 unspecified atom stereocenters. The number of carbonyl (C=O) groups is 1. The van der Waals surface area contributed by atoms with Gasteiger partial charge < -0.3 is 9.64 Å². The Hall–Kier alpha value is -2.38. The largest absolute Gasteiger partial charge is 0.481 e. The van der Waals surface area contributed by atoms with Gasteiger partial charge in [-0.05, 0) is 61.6 Å². The van der Waals surface area contributed by atoms with Gasteiger partial charge >= 0.3 is 0 Å². The van der Waals surface area contributed by atoms with E-state index in [1.807, 2.05) is 42.5 Å². The van der Waals surface area contributed by atoms with Crippen molar-refractivity contribution in [2.24, 2.45) is 0 Å². The molecular weight excluding hydrogens is 388 g/mol. The van der Waals surface area contributed by atoms with Crippen LogP contribution in [0.25, 0.3) is 0 Å². The fourth-order valence-corrected chi connectivity index (χ4v) is 5.49. The van der Waals surface area contributed by atoms with Crippen molar-refractivity contribution in [3.63, 3.8) is 0 Å². The van der Waals surface area contributed by atoms with Crippen LogP contribution in [0.15, 0.2) is 53.4 Å². The molecule has 0 spiro atoms. The Morgan fingerprint density at radius 3 is 2.38 bits per heavy atom. The quantitative estimate of drug-likeness (QED) is 0.754. The molecule has 1 fully saturated rings. The van der Waals surface area contributed by atoms with Crippen LogP contribution in [0, 0.1) is 0 Å². The molecule has 154 valence electrons. The lowest BCUT2D eigenvalue weighted by Crippen LogP contribution is -2.53. The second-order valence-electron chi connectivity index (χ2n) is 7.59. The molecule has 2 aromatic carbocycles. The molecule has 1 saturated heterocycles. The highest BCUT2D eigenvalue weighted by Crippen LogP contribution is 2.27. The summed E-state index contributed by atoms with van der Waals surface area (Å²) >= 11 is 0. The molecule has 0 radical (unpaired) electrons. The lowest BCUT2D eigenvalue weighted by molar-refractivity contribution is -0.139. The van der Waals surface area contributed by atoms with Crippen LogP contribution in [0.5, 0.6) is 5.75 Å². The molecule has 0 aromatic heterocycles. The molecule has 1 aliphatic carbocycles. The molecule has 1 heterocycles. The highest BCUT2D eigenvalue weighted by Gasteiger charge is 2.32. The van der Waals surface area contributed by atoms with Gasteiger partial charge in [-0.25, -0.2) is 8.42 Å². The lowest BCUT2D eigenvalue weighted by Gasteiger charge is -2.35. The molecule has 2 aromatic rings. The molecule has 29 heavy (non-hydrogen) atoms. The zero-order valence-corrected chi connectivity index (χ0v) is 17.4. The first kappa shape index (κ1) is 19.9. The van der Waals surface area contributed by atoms with Crippen LogP contribution in [0.4, 0.5) is 0 Å². The molecule has 1 amide bonds. The number of hydrogen-bond donors (Lipinski definition) is 0. The van der Waals surface area contributed by atoms with Crippen LogP contribution in [-0.4, -0.2) is 55.8 Å². The number of sulfonamides is 1. The fourth-order valence-electron chi connectivity index (χ4n) is 4.02. The van der Waals surface area contributed by atoms with Gasteiger partial charge in [0.25, 0.3) is 5.91 Å². The number of fused-ring (bicyclic) bond motifs is 1. The third-order valence-corrected chi connectivity index (χ3v) is 7.56. The van der Waals surface area contributed by atoms with Gasteiger partial charge in [0.05, 0.1) is 4.90 Å². The number of rotatable bonds is 5.